The molecule has 128 valence electrons. The van der Waals surface area contributed by atoms with Crippen LogP contribution in [-0.2, 0) is 4.79 Å². The van der Waals surface area contributed by atoms with Crippen molar-refractivity contribution in [1.29, 1.82) is 5.26 Å². The van der Waals surface area contributed by atoms with Crippen LogP contribution in [0, 0.1) is 23.2 Å². The van der Waals surface area contributed by atoms with Gasteiger partial charge in [0.2, 0.25) is 5.91 Å². The molecule has 0 saturated carbocycles. The van der Waals surface area contributed by atoms with Crippen molar-refractivity contribution < 1.29 is 9.59 Å². The first-order valence-corrected chi connectivity index (χ1v) is 8.34. The third-order valence-corrected chi connectivity index (χ3v) is 4.18. The van der Waals surface area contributed by atoms with E-state index in [2.05, 4.69) is 16.7 Å². The molecule has 1 saturated heterocycles. The minimum atomic E-state index is -0.197. The largest absolute Gasteiger partial charge is 0.356 e. The molecule has 1 atom stereocenters. The van der Waals surface area contributed by atoms with Crippen LogP contribution >= 0.6 is 0 Å². The number of nitrogens with one attached hydrogen (secondary N) is 2. The van der Waals surface area contributed by atoms with Gasteiger partial charge in [0.1, 0.15) is 6.07 Å². The predicted molar refractivity (Wildman–Crippen MR) is 92.3 cm³/mol. The van der Waals surface area contributed by atoms with E-state index in [0.717, 1.165) is 12.8 Å². The van der Waals surface area contributed by atoms with E-state index in [-0.39, 0.29) is 23.8 Å². The number of anilines is 1. The number of para-hydroxylation sites is 1. The Bertz CT molecular complexity index is 636. The number of rotatable bonds is 4. The highest BCUT2D eigenvalue weighted by Gasteiger charge is 2.24. The first kappa shape index (κ1) is 17.8. The first-order chi connectivity index (χ1) is 11.5. The van der Waals surface area contributed by atoms with Gasteiger partial charge in [-0.05, 0) is 30.9 Å². The number of nitrogens with zero attached hydrogens (tertiary/aromatic N) is 2. The van der Waals surface area contributed by atoms with Crippen molar-refractivity contribution in [2.75, 3.05) is 25.0 Å². The summed E-state index contributed by atoms with van der Waals surface area (Å²) in [6.45, 7) is 5.62. The van der Waals surface area contributed by atoms with Gasteiger partial charge >= 0.3 is 6.03 Å². The van der Waals surface area contributed by atoms with Crippen LogP contribution in [0.1, 0.15) is 32.3 Å². The van der Waals surface area contributed by atoms with Gasteiger partial charge in [-0.15, -0.1) is 0 Å². The lowest BCUT2D eigenvalue weighted by atomic mass is 9.98. The Hall–Kier alpha value is -2.55. The highest BCUT2D eigenvalue weighted by Crippen LogP contribution is 2.19. The minimum Gasteiger partial charge on any atom is -0.356 e. The highest BCUT2D eigenvalue weighted by atomic mass is 16.2. The first-order valence-electron chi connectivity index (χ1n) is 8.34. The monoisotopic (exact) mass is 328 g/mol. The molecule has 24 heavy (non-hydrogen) atoms. The Morgan fingerprint density at radius 2 is 2.12 bits per heavy atom. The quantitative estimate of drug-likeness (QED) is 0.891. The van der Waals surface area contributed by atoms with Gasteiger partial charge in [-0.25, -0.2) is 4.79 Å². The third kappa shape index (κ3) is 4.72. The molecule has 1 heterocycles. The van der Waals surface area contributed by atoms with E-state index < -0.39 is 0 Å². The van der Waals surface area contributed by atoms with E-state index in [0.29, 0.717) is 30.9 Å². The molecule has 2 N–H and O–H groups in total. The van der Waals surface area contributed by atoms with Gasteiger partial charge < -0.3 is 15.5 Å². The van der Waals surface area contributed by atoms with E-state index >= 15 is 0 Å². The maximum atomic E-state index is 12.4. The Balaban J connectivity index is 1.90. The summed E-state index contributed by atoms with van der Waals surface area (Å²) in [4.78, 5) is 25.9. The molecule has 1 fully saturated rings. The SMILES string of the molecule is CC(C)C(=O)NCC1CCCN(C(=O)Nc2ccccc2C#N)C1. The van der Waals surface area contributed by atoms with Crippen LogP contribution in [0.5, 0.6) is 0 Å². The lowest BCUT2D eigenvalue weighted by molar-refractivity contribution is -0.124. The molecule has 2 rings (SSSR count). The van der Waals surface area contributed by atoms with Crippen LogP contribution < -0.4 is 10.6 Å². The minimum absolute atomic E-state index is 0.0320. The molecule has 0 aromatic heterocycles. The lowest BCUT2D eigenvalue weighted by Gasteiger charge is -2.33. The van der Waals surface area contributed by atoms with Crippen LogP contribution in [0.4, 0.5) is 10.5 Å². The summed E-state index contributed by atoms with van der Waals surface area (Å²) < 4.78 is 0. The molecule has 0 bridgehead atoms. The maximum absolute atomic E-state index is 12.4. The number of hydrogen-bond donors (Lipinski definition) is 2. The van der Waals surface area contributed by atoms with Crippen LogP contribution in [0.15, 0.2) is 24.3 Å². The Labute approximate surface area is 142 Å². The van der Waals surface area contributed by atoms with Gasteiger partial charge in [-0.3, -0.25) is 4.79 Å². The van der Waals surface area contributed by atoms with E-state index in [1.165, 1.54) is 0 Å². The zero-order valence-electron chi connectivity index (χ0n) is 14.2. The molecule has 1 aliphatic rings. The summed E-state index contributed by atoms with van der Waals surface area (Å²) >= 11 is 0. The van der Waals surface area contributed by atoms with E-state index in [1.54, 1.807) is 29.2 Å². The van der Waals surface area contributed by atoms with E-state index in [1.807, 2.05) is 13.8 Å². The number of amides is 3. The van der Waals surface area contributed by atoms with Crippen molar-refractivity contribution in [2.24, 2.45) is 11.8 Å². The Kier molecular flexibility index (Phi) is 6.19. The van der Waals surface area contributed by atoms with Crippen molar-refractivity contribution in [3.05, 3.63) is 29.8 Å². The third-order valence-electron chi connectivity index (χ3n) is 4.18. The molecule has 6 heteroatoms. The summed E-state index contributed by atoms with van der Waals surface area (Å²) in [5, 5.41) is 14.8. The zero-order valence-corrected chi connectivity index (χ0v) is 14.2. The van der Waals surface area contributed by atoms with Crippen LogP contribution in [0.2, 0.25) is 0 Å². The molecule has 1 unspecified atom stereocenters. The molecule has 1 aromatic carbocycles. The smallest absolute Gasteiger partial charge is 0.321 e. The van der Waals surface area contributed by atoms with Gasteiger partial charge in [0.25, 0.3) is 0 Å². The number of carbonyl (C=O) groups is 2. The van der Waals surface area contributed by atoms with Gasteiger partial charge in [0.05, 0.1) is 11.3 Å². The number of carbonyl (C=O) groups excluding carboxylic acids is 2. The van der Waals surface area contributed by atoms with Gasteiger partial charge in [0.15, 0.2) is 0 Å². The van der Waals surface area contributed by atoms with E-state index in [4.69, 9.17) is 5.26 Å². The van der Waals surface area contributed by atoms with Gasteiger partial charge in [-0.1, -0.05) is 26.0 Å². The molecule has 0 radical (unpaired) electrons. The summed E-state index contributed by atoms with van der Waals surface area (Å²) in [6.07, 6.45) is 1.91. The fourth-order valence-corrected chi connectivity index (χ4v) is 2.75. The maximum Gasteiger partial charge on any atom is 0.321 e. The topological polar surface area (TPSA) is 85.2 Å². The summed E-state index contributed by atoms with van der Waals surface area (Å²) in [5.74, 6) is 0.272. The Morgan fingerprint density at radius 1 is 1.38 bits per heavy atom. The molecule has 0 aliphatic carbocycles. The molecule has 6 nitrogen and oxygen atoms in total. The lowest BCUT2D eigenvalue weighted by Crippen LogP contribution is -2.45. The zero-order chi connectivity index (χ0) is 17.5. The van der Waals surface area contributed by atoms with Crippen LogP contribution in [0.25, 0.3) is 0 Å². The molecular weight excluding hydrogens is 304 g/mol. The second kappa shape index (κ2) is 8.34. The van der Waals surface area contributed by atoms with Crippen molar-refractivity contribution >= 4 is 17.6 Å². The summed E-state index contributed by atoms with van der Waals surface area (Å²) in [5.41, 5.74) is 0.976. The number of urea groups is 1. The fraction of sp³-hybridized carbons (Fsp3) is 0.500. The number of benzene rings is 1. The highest BCUT2D eigenvalue weighted by molar-refractivity contribution is 5.90. The molecule has 1 aliphatic heterocycles. The van der Waals surface area contributed by atoms with Crippen molar-refractivity contribution in [2.45, 2.75) is 26.7 Å². The average Bonchev–Trinajstić information content (AvgIpc) is 2.60. The second-order valence-corrected chi connectivity index (χ2v) is 6.44. The normalized spacial score (nSPS) is 17.2. The number of likely N-dealkylation sites (tertiary alicyclic amines) is 1. The van der Waals surface area contributed by atoms with E-state index in [9.17, 15) is 9.59 Å². The molecule has 3 amide bonds. The Morgan fingerprint density at radius 3 is 2.83 bits per heavy atom. The summed E-state index contributed by atoms with van der Waals surface area (Å²) in [7, 11) is 0. The standard InChI is InChI=1S/C18H24N4O2/c1-13(2)17(23)20-11-14-6-5-9-22(12-14)18(24)21-16-8-4-3-7-15(16)10-19/h3-4,7-8,13-14H,5-6,9,11-12H2,1-2H3,(H,20,23)(H,21,24). The van der Waals surface area contributed by atoms with Crippen molar-refractivity contribution in [3.8, 4) is 6.07 Å². The second-order valence-electron chi connectivity index (χ2n) is 6.44. The molecule has 1 aromatic rings. The van der Waals surface area contributed by atoms with Crippen LogP contribution in [-0.4, -0.2) is 36.5 Å². The van der Waals surface area contributed by atoms with Crippen molar-refractivity contribution in [3.63, 3.8) is 0 Å². The molecular formula is C18H24N4O2. The number of nitriles is 1. The van der Waals surface area contributed by atoms with Crippen LogP contribution in [0.3, 0.4) is 0 Å². The number of hydrogen-bond acceptors (Lipinski definition) is 3. The summed E-state index contributed by atoms with van der Waals surface area (Å²) in [6, 6.07) is 8.83. The number of piperidine rings is 1. The fourth-order valence-electron chi connectivity index (χ4n) is 2.75. The van der Waals surface area contributed by atoms with Gasteiger partial charge in [0, 0.05) is 25.6 Å². The van der Waals surface area contributed by atoms with Gasteiger partial charge in [-0.2, -0.15) is 5.26 Å². The predicted octanol–water partition coefficient (Wildman–Crippen LogP) is 2.57. The molecule has 0 spiro atoms. The van der Waals surface area contributed by atoms with Crippen molar-refractivity contribution in [1.82, 2.24) is 10.2 Å². The average molecular weight is 328 g/mol.